The Morgan fingerprint density at radius 2 is 1.48 bits per heavy atom. The summed E-state index contributed by atoms with van der Waals surface area (Å²) < 4.78 is 0. The monoisotopic (exact) mass is 300 g/mol. The van der Waals surface area contributed by atoms with E-state index in [4.69, 9.17) is 11.5 Å². The van der Waals surface area contributed by atoms with Crippen molar-refractivity contribution in [2.24, 2.45) is 0 Å². The summed E-state index contributed by atoms with van der Waals surface area (Å²) in [5, 5.41) is 0. The van der Waals surface area contributed by atoms with E-state index in [1.165, 1.54) is 11.1 Å². The molecule has 0 aromatic heterocycles. The summed E-state index contributed by atoms with van der Waals surface area (Å²) in [5.74, 6) is 0. The summed E-state index contributed by atoms with van der Waals surface area (Å²) in [6.45, 7) is 2.10. The van der Waals surface area contributed by atoms with Gasteiger partial charge in [-0.2, -0.15) is 0 Å². The third-order valence-corrected chi connectivity index (χ3v) is 3.80. The zero-order valence-electron chi connectivity index (χ0n) is 13.2. The lowest BCUT2D eigenvalue weighted by Crippen LogP contribution is -1.89. The van der Waals surface area contributed by atoms with Gasteiger partial charge in [0.05, 0.1) is 0 Å². The summed E-state index contributed by atoms with van der Waals surface area (Å²) in [6.07, 6.45) is 4.20. The Kier molecular flexibility index (Phi) is 4.15. The number of anilines is 2. The van der Waals surface area contributed by atoms with Crippen molar-refractivity contribution in [2.45, 2.75) is 6.92 Å². The SMILES string of the molecule is Cc1cccc(-c2cc(N)ccc2/C=C/c2ccc(N)cc2)c1. The molecule has 2 nitrogen and oxygen atoms in total. The lowest BCUT2D eigenvalue weighted by molar-refractivity contribution is 1.46. The van der Waals surface area contributed by atoms with E-state index in [0.717, 1.165) is 28.1 Å². The number of hydrogen-bond donors (Lipinski definition) is 2. The number of aryl methyl sites for hydroxylation is 1. The van der Waals surface area contributed by atoms with Crippen LogP contribution in [0.4, 0.5) is 11.4 Å². The quantitative estimate of drug-likeness (QED) is 0.528. The molecule has 0 fully saturated rings. The van der Waals surface area contributed by atoms with Crippen molar-refractivity contribution in [3.8, 4) is 11.1 Å². The highest BCUT2D eigenvalue weighted by Gasteiger charge is 2.04. The summed E-state index contributed by atoms with van der Waals surface area (Å²) in [5.41, 5.74) is 19.1. The Morgan fingerprint density at radius 3 is 2.22 bits per heavy atom. The molecule has 114 valence electrons. The highest BCUT2D eigenvalue weighted by atomic mass is 14.5. The lowest BCUT2D eigenvalue weighted by Gasteiger charge is -2.09. The van der Waals surface area contributed by atoms with Crippen LogP contribution in [0.1, 0.15) is 16.7 Å². The van der Waals surface area contributed by atoms with Crippen LogP contribution in [-0.4, -0.2) is 0 Å². The van der Waals surface area contributed by atoms with Gasteiger partial charge in [0.15, 0.2) is 0 Å². The molecule has 2 heteroatoms. The van der Waals surface area contributed by atoms with Crippen LogP contribution in [0.3, 0.4) is 0 Å². The summed E-state index contributed by atoms with van der Waals surface area (Å²) >= 11 is 0. The molecular formula is C21H20N2. The zero-order chi connectivity index (χ0) is 16.2. The predicted octanol–water partition coefficient (Wildman–Crippen LogP) is 5.00. The fourth-order valence-electron chi connectivity index (χ4n) is 2.57. The van der Waals surface area contributed by atoms with Crippen molar-refractivity contribution >= 4 is 23.5 Å². The van der Waals surface area contributed by atoms with Gasteiger partial charge in [-0.25, -0.2) is 0 Å². The largest absolute Gasteiger partial charge is 0.399 e. The number of rotatable bonds is 3. The van der Waals surface area contributed by atoms with E-state index in [-0.39, 0.29) is 0 Å². The van der Waals surface area contributed by atoms with Crippen molar-refractivity contribution in [2.75, 3.05) is 11.5 Å². The van der Waals surface area contributed by atoms with E-state index in [1.54, 1.807) is 0 Å². The molecule has 0 saturated heterocycles. The average Bonchev–Trinajstić information content (AvgIpc) is 2.55. The van der Waals surface area contributed by atoms with Crippen molar-refractivity contribution in [1.29, 1.82) is 0 Å². The Morgan fingerprint density at radius 1 is 0.739 bits per heavy atom. The maximum absolute atomic E-state index is 5.99. The number of nitrogen functional groups attached to an aromatic ring is 2. The van der Waals surface area contributed by atoms with Gasteiger partial charge in [-0.3, -0.25) is 0 Å². The minimum Gasteiger partial charge on any atom is -0.399 e. The van der Waals surface area contributed by atoms with Crippen molar-refractivity contribution in [1.82, 2.24) is 0 Å². The third kappa shape index (κ3) is 3.61. The standard InChI is InChI=1S/C21H20N2/c1-15-3-2-4-18(13-15)21-14-20(23)12-9-17(21)8-5-16-6-10-19(22)11-7-16/h2-14H,22-23H2,1H3/b8-5+. The minimum absolute atomic E-state index is 0.770. The maximum Gasteiger partial charge on any atom is 0.0320 e. The van der Waals surface area contributed by atoms with Crippen molar-refractivity contribution in [3.05, 3.63) is 83.4 Å². The van der Waals surface area contributed by atoms with E-state index in [0.29, 0.717) is 0 Å². The molecule has 0 aliphatic heterocycles. The maximum atomic E-state index is 5.99. The highest BCUT2D eigenvalue weighted by molar-refractivity contribution is 5.83. The van der Waals surface area contributed by atoms with Crippen LogP contribution in [0.15, 0.2) is 66.7 Å². The number of nitrogens with two attached hydrogens (primary N) is 2. The first-order valence-electron chi connectivity index (χ1n) is 7.62. The van der Waals surface area contributed by atoms with Crippen LogP contribution >= 0.6 is 0 Å². The molecule has 0 aliphatic rings. The summed E-state index contributed by atoms with van der Waals surface area (Å²) in [7, 11) is 0. The van der Waals surface area contributed by atoms with Crippen LogP contribution in [0.25, 0.3) is 23.3 Å². The van der Waals surface area contributed by atoms with Crippen LogP contribution < -0.4 is 11.5 Å². The van der Waals surface area contributed by atoms with Gasteiger partial charge in [-0.05, 0) is 53.4 Å². The molecule has 0 amide bonds. The second-order valence-corrected chi connectivity index (χ2v) is 5.72. The zero-order valence-corrected chi connectivity index (χ0v) is 13.2. The molecule has 0 bridgehead atoms. The van der Waals surface area contributed by atoms with Crippen molar-refractivity contribution < 1.29 is 0 Å². The molecule has 23 heavy (non-hydrogen) atoms. The molecule has 0 radical (unpaired) electrons. The topological polar surface area (TPSA) is 52.0 Å². The van der Waals surface area contributed by atoms with Gasteiger partial charge >= 0.3 is 0 Å². The molecule has 0 unspecified atom stereocenters. The smallest absolute Gasteiger partial charge is 0.0320 e. The van der Waals surface area contributed by atoms with Gasteiger partial charge in [0.2, 0.25) is 0 Å². The normalized spacial score (nSPS) is 11.0. The van der Waals surface area contributed by atoms with Crippen LogP contribution in [-0.2, 0) is 0 Å². The van der Waals surface area contributed by atoms with E-state index in [2.05, 4.69) is 49.4 Å². The molecule has 0 spiro atoms. The Bertz CT molecular complexity index is 846. The lowest BCUT2D eigenvalue weighted by atomic mass is 9.97. The third-order valence-electron chi connectivity index (χ3n) is 3.80. The minimum atomic E-state index is 0.770. The number of benzene rings is 3. The van der Waals surface area contributed by atoms with Gasteiger partial charge in [0.1, 0.15) is 0 Å². The first-order chi connectivity index (χ1) is 11.1. The van der Waals surface area contributed by atoms with E-state index >= 15 is 0 Å². The fraction of sp³-hybridized carbons (Fsp3) is 0.0476. The van der Waals surface area contributed by atoms with Crippen molar-refractivity contribution in [3.63, 3.8) is 0 Å². The van der Waals surface area contributed by atoms with Crippen LogP contribution in [0, 0.1) is 6.92 Å². The van der Waals surface area contributed by atoms with Crippen LogP contribution in [0.5, 0.6) is 0 Å². The van der Waals surface area contributed by atoms with Gasteiger partial charge in [0.25, 0.3) is 0 Å². The highest BCUT2D eigenvalue weighted by Crippen LogP contribution is 2.28. The average molecular weight is 300 g/mol. The first kappa shape index (κ1) is 14.9. The van der Waals surface area contributed by atoms with E-state index in [1.807, 2.05) is 36.4 Å². The Hall–Kier alpha value is -3.00. The molecule has 4 N–H and O–H groups in total. The molecule has 0 heterocycles. The molecule has 3 rings (SSSR count). The van der Waals surface area contributed by atoms with Gasteiger partial charge in [-0.1, -0.05) is 60.2 Å². The fourth-order valence-corrected chi connectivity index (χ4v) is 2.57. The Labute approximate surface area is 137 Å². The molecule has 0 saturated carbocycles. The van der Waals surface area contributed by atoms with Gasteiger partial charge in [-0.15, -0.1) is 0 Å². The molecule has 3 aromatic carbocycles. The predicted molar refractivity (Wildman–Crippen MR) is 101 cm³/mol. The molecule has 3 aromatic rings. The van der Waals surface area contributed by atoms with Crippen LogP contribution in [0.2, 0.25) is 0 Å². The molecule has 0 aliphatic carbocycles. The second-order valence-electron chi connectivity index (χ2n) is 5.72. The second kappa shape index (κ2) is 6.41. The molecular weight excluding hydrogens is 280 g/mol. The molecule has 0 atom stereocenters. The van der Waals surface area contributed by atoms with E-state index < -0.39 is 0 Å². The Balaban J connectivity index is 2.01. The number of hydrogen-bond acceptors (Lipinski definition) is 2. The van der Waals surface area contributed by atoms with E-state index in [9.17, 15) is 0 Å². The van der Waals surface area contributed by atoms with Gasteiger partial charge < -0.3 is 11.5 Å². The summed E-state index contributed by atoms with van der Waals surface area (Å²) in [6, 6.07) is 22.3. The van der Waals surface area contributed by atoms with Gasteiger partial charge in [0, 0.05) is 11.4 Å². The summed E-state index contributed by atoms with van der Waals surface area (Å²) in [4.78, 5) is 0. The first-order valence-corrected chi connectivity index (χ1v) is 7.62.